The Bertz CT molecular complexity index is 1790. The van der Waals surface area contributed by atoms with Gasteiger partial charge in [0.1, 0.15) is 11.6 Å². The van der Waals surface area contributed by atoms with Gasteiger partial charge in [0.15, 0.2) is 0 Å². The van der Waals surface area contributed by atoms with Crippen LogP contribution >= 0.6 is 0 Å². The predicted molar refractivity (Wildman–Crippen MR) is 194 cm³/mol. The van der Waals surface area contributed by atoms with Crippen molar-refractivity contribution >= 4 is 30.3 Å². The van der Waals surface area contributed by atoms with Crippen molar-refractivity contribution in [3.8, 4) is 16.9 Å². The Balaban J connectivity index is 1.51. The van der Waals surface area contributed by atoms with Gasteiger partial charge in [0.05, 0.1) is 11.9 Å². The monoisotopic (exact) mass is 640 g/mol. The molecule has 5 rings (SSSR count). The number of carbonyl (C=O) groups excluding carboxylic acids is 1. The van der Waals surface area contributed by atoms with Gasteiger partial charge in [-0.2, -0.15) is 0 Å². The third-order valence-electron chi connectivity index (χ3n) is 8.41. The van der Waals surface area contributed by atoms with E-state index >= 15 is 0 Å². The van der Waals surface area contributed by atoms with Gasteiger partial charge in [0.2, 0.25) is 5.91 Å². The van der Waals surface area contributed by atoms with Crippen LogP contribution in [0.3, 0.4) is 0 Å². The van der Waals surface area contributed by atoms with Gasteiger partial charge in [0, 0.05) is 23.6 Å². The van der Waals surface area contributed by atoms with Crippen LogP contribution in [0.25, 0.3) is 11.1 Å². The zero-order chi connectivity index (χ0) is 33.4. The largest absolute Gasteiger partial charge is 0.533 e. The number of hydrogen-bond donors (Lipinski definition) is 1. The molecule has 0 saturated heterocycles. The molecule has 1 N–H and O–H groups in total. The highest BCUT2D eigenvalue weighted by Crippen LogP contribution is 2.39. The van der Waals surface area contributed by atoms with Crippen LogP contribution in [-0.4, -0.2) is 19.2 Å². The van der Waals surface area contributed by atoms with Crippen LogP contribution < -0.4 is 20.1 Å². The molecule has 1 unspecified atom stereocenters. The van der Waals surface area contributed by atoms with Gasteiger partial charge in [-0.1, -0.05) is 130 Å². The normalized spacial score (nSPS) is 12.2. The molecule has 238 valence electrons. The summed E-state index contributed by atoms with van der Waals surface area (Å²) in [5.41, 5.74) is 3.42. The zero-order valence-electron chi connectivity index (χ0n) is 27.2. The van der Waals surface area contributed by atoms with E-state index in [0.29, 0.717) is 17.7 Å². The third kappa shape index (κ3) is 7.18. The predicted octanol–water partition coefficient (Wildman–Crippen LogP) is 9.05. The smallest absolute Gasteiger partial charge is 0.320 e. The molecule has 1 amide bonds. The summed E-state index contributed by atoms with van der Waals surface area (Å²) < 4.78 is 22.1. The highest BCUT2D eigenvalue weighted by Gasteiger charge is 2.52. The Morgan fingerprint density at radius 1 is 0.872 bits per heavy atom. The lowest BCUT2D eigenvalue weighted by Crippen LogP contribution is -2.68. The van der Waals surface area contributed by atoms with Crippen molar-refractivity contribution in [2.45, 2.75) is 44.6 Å². The number of hydrogen-bond acceptors (Lipinski definition) is 3. The highest BCUT2D eigenvalue weighted by molar-refractivity contribution is 7.00. The molecule has 4 nitrogen and oxygen atoms in total. The minimum absolute atomic E-state index is 0.0939. The van der Waals surface area contributed by atoms with Crippen molar-refractivity contribution in [1.29, 1.82) is 0 Å². The first-order chi connectivity index (χ1) is 22.7. The number of benzene rings is 4. The molecule has 0 aliphatic heterocycles. The first-order valence-corrected chi connectivity index (χ1v) is 17.7. The van der Waals surface area contributed by atoms with Crippen LogP contribution in [0.1, 0.15) is 50.8 Å². The van der Waals surface area contributed by atoms with E-state index in [1.165, 1.54) is 22.5 Å². The number of carbonyl (C=O) groups is 1. The standard InChI is InChI=1S/C41H41FN2O2Si/c1-6-16-35(30-18-14-19-31(28-30)36-24-15-25-37(42)40(36)44-39(45)17-7-2)38-27-26-32(29-43-38)46-47(41(3,4)5,33-20-10-8-11-21-33)34-22-12-9-13-23-34/h6-15,18-29,35H,1-2,16-17H2,3-5H3,(H,44,45). The van der Waals surface area contributed by atoms with Gasteiger partial charge >= 0.3 is 8.32 Å². The first kappa shape index (κ1) is 33.3. The average molecular weight is 641 g/mol. The van der Waals surface area contributed by atoms with E-state index in [-0.39, 0.29) is 29.0 Å². The highest BCUT2D eigenvalue weighted by atomic mass is 28.4. The first-order valence-electron chi connectivity index (χ1n) is 15.8. The van der Waals surface area contributed by atoms with E-state index < -0.39 is 14.1 Å². The summed E-state index contributed by atoms with van der Waals surface area (Å²) >= 11 is 0. The second-order valence-corrected chi connectivity index (χ2v) is 16.8. The number of nitrogens with one attached hydrogen (secondary N) is 1. The molecular weight excluding hydrogens is 600 g/mol. The number of halogens is 1. The summed E-state index contributed by atoms with van der Waals surface area (Å²) in [4.78, 5) is 17.3. The van der Waals surface area contributed by atoms with Crippen LogP contribution in [0, 0.1) is 5.82 Å². The number of allylic oxidation sites excluding steroid dienone is 1. The van der Waals surface area contributed by atoms with Crippen molar-refractivity contribution in [1.82, 2.24) is 4.98 Å². The van der Waals surface area contributed by atoms with Gasteiger partial charge in [-0.05, 0) is 51.2 Å². The van der Waals surface area contributed by atoms with Gasteiger partial charge in [-0.3, -0.25) is 9.78 Å². The van der Waals surface area contributed by atoms with Crippen molar-refractivity contribution in [3.05, 3.63) is 164 Å². The summed E-state index contributed by atoms with van der Waals surface area (Å²) in [6.07, 6.45) is 5.95. The van der Waals surface area contributed by atoms with Gasteiger partial charge in [0.25, 0.3) is 0 Å². The van der Waals surface area contributed by atoms with Crippen molar-refractivity contribution < 1.29 is 13.6 Å². The molecule has 1 atom stereocenters. The number of pyridine rings is 1. The van der Waals surface area contributed by atoms with Gasteiger partial charge in [-0.15, -0.1) is 13.2 Å². The molecule has 0 radical (unpaired) electrons. The summed E-state index contributed by atoms with van der Waals surface area (Å²) in [5, 5.41) is 4.93. The SMILES string of the molecule is C=CCC(=O)Nc1c(F)cccc1-c1cccc(C(CC=C)c2ccc(O[Si](c3ccccc3)(c3ccccc3)C(C)(C)C)cn2)c1. The molecule has 1 heterocycles. The fourth-order valence-electron chi connectivity index (χ4n) is 6.21. The maximum absolute atomic E-state index is 15.0. The molecule has 0 bridgehead atoms. The molecule has 0 saturated carbocycles. The fourth-order valence-corrected chi connectivity index (χ4v) is 10.6. The molecule has 47 heavy (non-hydrogen) atoms. The van der Waals surface area contributed by atoms with Crippen LogP contribution in [0.5, 0.6) is 5.75 Å². The second kappa shape index (κ2) is 14.6. The zero-order valence-corrected chi connectivity index (χ0v) is 28.2. The summed E-state index contributed by atoms with van der Waals surface area (Å²) in [6, 6.07) is 37.9. The lowest BCUT2D eigenvalue weighted by atomic mass is 9.89. The molecule has 5 aromatic rings. The number of nitrogens with zero attached hydrogens (tertiary/aromatic N) is 1. The van der Waals surface area contributed by atoms with Crippen molar-refractivity contribution in [2.24, 2.45) is 0 Å². The van der Waals surface area contributed by atoms with Crippen molar-refractivity contribution in [2.75, 3.05) is 5.32 Å². The lowest BCUT2D eigenvalue weighted by Gasteiger charge is -2.42. The molecule has 4 aromatic carbocycles. The maximum Gasteiger partial charge on any atom is 0.320 e. The Hall–Kier alpha value is -5.07. The number of anilines is 1. The topological polar surface area (TPSA) is 51.2 Å². The summed E-state index contributed by atoms with van der Waals surface area (Å²) in [5.74, 6) is -0.196. The van der Waals surface area contributed by atoms with Crippen LogP contribution in [0.15, 0.2) is 147 Å². The summed E-state index contributed by atoms with van der Waals surface area (Å²) in [7, 11) is -2.81. The number of rotatable bonds is 12. The second-order valence-electron chi connectivity index (χ2n) is 12.6. The minimum atomic E-state index is -2.81. The average Bonchev–Trinajstić information content (AvgIpc) is 3.08. The molecular formula is C41H41FN2O2Si. The third-order valence-corrected chi connectivity index (χ3v) is 13.4. The van der Waals surface area contributed by atoms with Crippen LogP contribution in [-0.2, 0) is 4.79 Å². The summed E-state index contributed by atoms with van der Waals surface area (Å²) in [6.45, 7) is 14.4. The number of amides is 1. The maximum atomic E-state index is 15.0. The van der Waals surface area contributed by atoms with E-state index in [1.54, 1.807) is 6.07 Å². The minimum Gasteiger partial charge on any atom is -0.533 e. The number of aromatic nitrogens is 1. The Morgan fingerprint density at radius 3 is 2.11 bits per heavy atom. The van der Waals surface area contributed by atoms with Gasteiger partial charge in [-0.25, -0.2) is 4.39 Å². The van der Waals surface area contributed by atoms with E-state index in [4.69, 9.17) is 9.41 Å². The Morgan fingerprint density at radius 2 is 1.53 bits per heavy atom. The van der Waals surface area contributed by atoms with E-state index in [2.05, 4.69) is 87.8 Å². The van der Waals surface area contributed by atoms with Crippen molar-refractivity contribution in [3.63, 3.8) is 0 Å². The van der Waals surface area contributed by atoms with E-state index in [0.717, 1.165) is 16.8 Å². The molecule has 0 fully saturated rings. The molecule has 0 spiro atoms. The molecule has 6 heteroatoms. The van der Waals surface area contributed by atoms with Gasteiger partial charge < -0.3 is 9.74 Å². The number of para-hydroxylation sites is 1. The Labute approximate surface area is 278 Å². The Kier molecular flexibility index (Phi) is 10.3. The molecule has 1 aromatic heterocycles. The van der Waals surface area contributed by atoms with Crippen LogP contribution in [0.2, 0.25) is 5.04 Å². The van der Waals surface area contributed by atoms with Crippen LogP contribution in [0.4, 0.5) is 10.1 Å². The lowest BCUT2D eigenvalue weighted by molar-refractivity contribution is -0.115. The van der Waals surface area contributed by atoms with E-state index in [1.807, 2.05) is 66.9 Å². The fraction of sp³-hybridized carbons (Fsp3) is 0.171. The molecule has 0 aliphatic rings. The molecule has 0 aliphatic carbocycles. The quantitative estimate of drug-likeness (QED) is 0.109. The van der Waals surface area contributed by atoms with E-state index in [9.17, 15) is 9.18 Å².